The summed E-state index contributed by atoms with van der Waals surface area (Å²) in [6, 6.07) is 10.2. The van der Waals surface area contributed by atoms with Crippen LogP contribution in [0.25, 0.3) is 0 Å². The molecule has 4 nitrogen and oxygen atoms in total. The van der Waals surface area contributed by atoms with Crippen LogP contribution >= 0.6 is 24.0 Å². The molecule has 1 aromatic rings. The van der Waals surface area contributed by atoms with E-state index in [1.165, 1.54) is 5.56 Å². The molecular formula is C17H30IN3O. The maximum absolute atomic E-state index is 9.11. The third-order valence-corrected chi connectivity index (χ3v) is 3.40. The van der Waals surface area contributed by atoms with E-state index < -0.39 is 0 Å². The van der Waals surface area contributed by atoms with Gasteiger partial charge >= 0.3 is 0 Å². The van der Waals surface area contributed by atoms with Gasteiger partial charge in [-0.1, -0.05) is 43.7 Å². The molecule has 1 unspecified atom stereocenters. The molecule has 0 aromatic heterocycles. The van der Waals surface area contributed by atoms with Crippen LogP contribution in [0, 0.1) is 5.92 Å². The van der Waals surface area contributed by atoms with Crippen LogP contribution in [0.2, 0.25) is 0 Å². The van der Waals surface area contributed by atoms with Crippen molar-refractivity contribution in [2.24, 2.45) is 10.9 Å². The molecule has 0 bridgehead atoms. The molecule has 0 aliphatic heterocycles. The summed E-state index contributed by atoms with van der Waals surface area (Å²) in [5, 5.41) is 15.8. The van der Waals surface area contributed by atoms with Crippen LogP contribution in [-0.4, -0.2) is 30.8 Å². The van der Waals surface area contributed by atoms with Crippen molar-refractivity contribution in [3.8, 4) is 0 Å². The number of aliphatic hydroxyl groups is 1. The summed E-state index contributed by atoms with van der Waals surface area (Å²) < 4.78 is 0. The zero-order valence-corrected chi connectivity index (χ0v) is 16.0. The van der Waals surface area contributed by atoms with Gasteiger partial charge < -0.3 is 15.7 Å². The van der Waals surface area contributed by atoms with Gasteiger partial charge in [0.1, 0.15) is 0 Å². The minimum atomic E-state index is 0. The molecule has 3 N–H and O–H groups in total. The smallest absolute Gasteiger partial charge is 0.191 e. The first-order valence-electron chi connectivity index (χ1n) is 7.97. The molecule has 22 heavy (non-hydrogen) atoms. The number of nitrogens with one attached hydrogen (secondary N) is 2. The van der Waals surface area contributed by atoms with Gasteiger partial charge in [-0.15, -0.1) is 24.0 Å². The minimum Gasteiger partial charge on any atom is -0.396 e. The third kappa shape index (κ3) is 9.25. The van der Waals surface area contributed by atoms with Crippen molar-refractivity contribution in [3.05, 3.63) is 35.9 Å². The Morgan fingerprint density at radius 2 is 1.86 bits per heavy atom. The maximum Gasteiger partial charge on any atom is 0.191 e. The lowest BCUT2D eigenvalue weighted by molar-refractivity contribution is 0.251. The maximum atomic E-state index is 9.11. The van der Waals surface area contributed by atoms with Crippen molar-refractivity contribution in [2.45, 2.75) is 39.7 Å². The fourth-order valence-corrected chi connectivity index (χ4v) is 2.28. The van der Waals surface area contributed by atoms with Crippen LogP contribution in [0.1, 0.15) is 38.7 Å². The Kier molecular flexibility index (Phi) is 13.3. The largest absolute Gasteiger partial charge is 0.396 e. The van der Waals surface area contributed by atoms with Crippen LogP contribution < -0.4 is 10.6 Å². The number of hydrogen-bond donors (Lipinski definition) is 3. The van der Waals surface area contributed by atoms with Gasteiger partial charge in [-0.25, -0.2) is 4.99 Å². The Morgan fingerprint density at radius 3 is 2.45 bits per heavy atom. The molecule has 0 amide bonds. The van der Waals surface area contributed by atoms with E-state index in [4.69, 9.17) is 5.11 Å². The number of guanidine groups is 1. The molecule has 1 atom stereocenters. The molecule has 0 heterocycles. The fraction of sp³-hybridized carbons (Fsp3) is 0.588. The van der Waals surface area contributed by atoms with Crippen molar-refractivity contribution in [1.82, 2.24) is 10.6 Å². The number of benzene rings is 1. The highest BCUT2D eigenvalue weighted by molar-refractivity contribution is 14.0. The van der Waals surface area contributed by atoms with Crippen LogP contribution in [-0.2, 0) is 6.54 Å². The second-order valence-corrected chi connectivity index (χ2v) is 5.23. The molecule has 0 aliphatic carbocycles. The second kappa shape index (κ2) is 13.8. The molecule has 126 valence electrons. The predicted molar refractivity (Wildman–Crippen MR) is 105 cm³/mol. The first-order valence-corrected chi connectivity index (χ1v) is 7.97. The van der Waals surface area contributed by atoms with Gasteiger partial charge in [-0.3, -0.25) is 0 Å². The molecule has 0 saturated heterocycles. The molecular weight excluding hydrogens is 389 g/mol. The van der Waals surface area contributed by atoms with E-state index in [1.807, 2.05) is 18.2 Å². The highest BCUT2D eigenvalue weighted by Crippen LogP contribution is 2.09. The topological polar surface area (TPSA) is 56.6 Å². The Labute approximate surface area is 151 Å². The number of aliphatic hydroxyl groups excluding tert-OH is 1. The van der Waals surface area contributed by atoms with Crippen LogP contribution in [0.4, 0.5) is 0 Å². The van der Waals surface area contributed by atoms with Crippen LogP contribution in [0.15, 0.2) is 35.3 Å². The summed E-state index contributed by atoms with van der Waals surface area (Å²) in [7, 11) is 0. The van der Waals surface area contributed by atoms with E-state index in [0.717, 1.165) is 38.3 Å². The summed E-state index contributed by atoms with van der Waals surface area (Å²) in [4.78, 5) is 4.61. The lowest BCUT2D eigenvalue weighted by Crippen LogP contribution is -2.40. The highest BCUT2D eigenvalue weighted by Gasteiger charge is 2.08. The summed E-state index contributed by atoms with van der Waals surface area (Å²) >= 11 is 0. The normalized spacial score (nSPS) is 12.4. The monoisotopic (exact) mass is 419 g/mol. The van der Waals surface area contributed by atoms with Gasteiger partial charge in [-0.2, -0.15) is 0 Å². The molecule has 0 saturated carbocycles. The lowest BCUT2D eigenvalue weighted by Gasteiger charge is -2.18. The Morgan fingerprint density at radius 1 is 1.14 bits per heavy atom. The average molecular weight is 419 g/mol. The van der Waals surface area contributed by atoms with E-state index >= 15 is 0 Å². The number of halogens is 1. The van der Waals surface area contributed by atoms with Crippen molar-refractivity contribution < 1.29 is 5.11 Å². The highest BCUT2D eigenvalue weighted by atomic mass is 127. The fourth-order valence-electron chi connectivity index (χ4n) is 2.28. The molecule has 5 heteroatoms. The molecule has 1 aromatic carbocycles. The van der Waals surface area contributed by atoms with Crippen molar-refractivity contribution in [2.75, 3.05) is 19.7 Å². The third-order valence-electron chi connectivity index (χ3n) is 3.40. The van der Waals surface area contributed by atoms with E-state index in [0.29, 0.717) is 12.5 Å². The average Bonchev–Trinajstić information content (AvgIpc) is 2.51. The molecule has 1 rings (SSSR count). The van der Waals surface area contributed by atoms with Gasteiger partial charge in [-0.05, 0) is 31.2 Å². The van der Waals surface area contributed by atoms with Gasteiger partial charge in [0, 0.05) is 19.7 Å². The SMILES string of the molecule is CCCC(CCO)CNC(=NCc1ccccc1)NCC.I. The van der Waals surface area contributed by atoms with E-state index in [2.05, 4.69) is 41.6 Å². The molecule has 0 aliphatic rings. The van der Waals surface area contributed by atoms with Gasteiger partial charge in [0.15, 0.2) is 5.96 Å². The molecule has 0 fully saturated rings. The standard InChI is InChI=1S/C17H29N3O.HI/c1-3-8-15(11-12-21)13-19-17(18-4-2)20-14-16-9-6-5-7-10-16;/h5-7,9-10,15,21H,3-4,8,11-14H2,1-2H3,(H2,18,19,20);1H. The first-order chi connectivity index (χ1) is 10.3. The Hall–Kier alpha value is -0.820. The quantitative estimate of drug-likeness (QED) is 0.328. The van der Waals surface area contributed by atoms with Gasteiger partial charge in [0.25, 0.3) is 0 Å². The summed E-state index contributed by atoms with van der Waals surface area (Å²) in [6.07, 6.45) is 3.12. The summed E-state index contributed by atoms with van der Waals surface area (Å²) in [5.41, 5.74) is 1.20. The first kappa shape index (κ1) is 21.2. The number of hydrogen-bond acceptors (Lipinski definition) is 2. The Balaban J connectivity index is 0.00000441. The van der Waals surface area contributed by atoms with E-state index in [1.54, 1.807) is 0 Å². The summed E-state index contributed by atoms with van der Waals surface area (Å²) in [6.45, 7) is 6.88. The van der Waals surface area contributed by atoms with Crippen molar-refractivity contribution in [1.29, 1.82) is 0 Å². The minimum absolute atomic E-state index is 0. The van der Waals surface area contributed by atoms with Gasteiger partial charge in [0.2, 0.25) is 0 Å². The number of nitrogens with zero attached hydrogens (tertiary/aromatic N) is 1. The Bertz CT molecular complexity index is 392. The predicted octanol–water partition coefficient (Wildman–Crippen LogP) is 3.16. The summed E-state index contributed by atoms with van der Waals surface area (Å²) in [5.74, 6) is 1.35. The van der Waals surface area contributed by atoms with Crippen molar-refractivity contribution in [3.63, 3.8) is 0 Å². The van der Waals surface area contributed by atoms with E-state index in [9.17, 15) is 0 Å². The zero-order chi connectivity index (χ0) is 15.3. The van der Waals surface area contributed by atoms with E-state index in [-0.39, 0.29) is 30.6 Å². The van der Waals surface area contributed by atoms with Crippen LogP contribution in [0.3, 0.4) is 0 Å². The lowest BCUT2D eigenvalue weighted by atomic mass is 10.0. The second-order valence-electron chi connectivity index (χ2n) is 5.23. The van der Waals surface area contributed by atoms with Crippen molar-refractivity contribution >= 4 is 29.9 Å². The molecule has 0 radical (unpaired) electrons. The zero-order valence-electron chi connectivity index (χ0n) is 13.7. The number of aliphatic imine (C=N–C) groups is 1. The van der Waals surface area contributed by atoms with Crippen LogP contribution in [0.5, 0.6) is 0 Å². The van der Waals surface area contributed by atoms with Gasteiger partial charge in [0.05, 0.1) is 6.54 Å². The molecule has 0 spiro atoms. The number of rotatable bonds is 9.